The van der Waals surface area contributed by atoms with Gasteiger partial charge < -0.3 is 4.74 Å². The smallest absolute Gasteiger partial charge is 0.402 e. The highest BCUT2D eigenvalue weighted by Crippen LogP contribution is 2.26. The van der Waals surface area contributed by atoms with Gasteiger partial charge in [-0.25, -0.2) is 9.50 Å². The lowest BCUT2D eigenvalue weighted by Crippen LogP contribution is -2.17. The molecule has 0 radical (unpaired) electrons. The van der Waals surface area contributed by atoms with Crippen LogP contribution in [-0.2, 0) is 0 Å². The molecule has 92 valence electrons. The first-order chi connectivity index (χ1) is 7.87. The Morgan fingerprint density at radius 1 is 1.35 bits per heavy atom. The zero-order valence-corrected chi connectivity index (χ0v) is 9.19. The zero-order valence-electron chi connectivity index (χ0n) is 9.19. The maximum absolute atomic E-state index is 12.2. The van der Waals surface area contributed by atoms with Crippen molar-refractivity contribution in [3.8, 4) is 5.75 Å². The van der Waals surface area contributed by atoms with Crippen molar-refractivity contribution in [2.24, 2.45) is 0 Å². The van der Waals surface area contributed by atoms with Gasteiger partial charge in [0.25, 0.3) is 0 Å². The van der Waals surface area contributed by atoms with Crippen LogP contribution in [0.5, 0.6) is 5.75 Å². The Morgan fingerprint density at radius 2 is 2.06 bits per heavy atom. The second-order valence-electron chi connectivity index (χ2n) is 3.83. The molecule has 0 atom stereocenters. The Balaban J connectivity index is 2.49. The topological polar surface area (TPSA) is 39.4 Å². The summed E-state index contributed by atoms with van der Waals surface area (Å²) in [6.45, 7) is 3.79. The van der Waals surface area contributed by atoms with E-state index in [1.165, 1.54) is 10.7 Å². The van der Waals surface area contributed by atoms with Gasteiger partial charge >= 0.3 is 6.36 Å². The molecule has 0 spiro atoms. The molecule has 0 aliphatic heterocycles. The third kappa shape index (κ3) is 2.48. The highest BCUT2D eigenvalue weighted by molar-refractivity contribution is 5.53. The van der Waals surface area contributed by atoms with E-state index in [9.17, 15) is 13.2 Å². The predicted molar refractivity (Wildman–Crippen MR) is 53.8 cm³/mol. The second kappa shape index (κ2) is 3.90. The molecule has 0 unspecified atom stereocenters. The van der Waals surface area contributed by atoms with Gasteiger partial charge in [-0.1, -0.05) is 13.8 Å². The van der Waals surface area contributed by atoms with E-state index >= 15 is 0 Å². The molecule has 0 N–H and O–H groups in total. The quantitative estimate of drug-likeness (QED) is 0.816. The van der Waals surface area contributed by atoms with Crippen LogP contribution in [0.3, 0.4) is 0 Å². The van der Waals surface area contributed by atoms with Crippen molar-refractivity contribution in [1.29, 1.82) is 0 Å². The van der Waals surface area contributed by atoms with Gasteiger partial charge in [0.15, 0.2) is 11.4 Å². The van der Waals surface area contributed by atoms with Crippen LogP contribution in [0.15, 0.2) is 18.5 Å². The number of halogens is 3. The monoisotopic (exact) mass is 245 g/mol. The summed E-state index contributed by atoms with van der Waals surface area (Å²) in [6, 6.07) is 1.14. The van der Waals surface area contributed by atoms with Gasteiger partial charge in [-0.05, 0) is 5.92 Å². The van der Waals surface area contributed by atoms with Crippen LogP contribution in [0, 0.1) is 0 Å². The minimum absolute atomic E-state index is 0.0634. The molecular weight excluding hydrogens is 235 g/mol. The van der Waals surface area contributed by atoms with Crippen LogP contribution in [-0.4, -0.2) is 21.0 Å². The predicted octanol–water partition coefficient (Wildman–Crippen LogP) is 2.75. The summed E-state index contributed by atoms with van der Waals surface area (Å²) in [5, 5.41) is 3.88. The molecule has 2 rings (SSSR count). The van der Waals surface area contributed by atoms with Gasteiger partial charge in [0.2, 0.25) is 0 Å². The van der Waals surface area contributed by atoms with Crippen molar-refractivity contribution in [2.45, 2.75) is 26.1 Å². The average Bonchev–Trinajstić information content (AvgIpc) is 2.60. The molecule has 0 saturated heterocycles. The van der Waals surface area contributed by atoms with Gasteiger partial charge in [-0.3, -0.25) is 0 Å². The van der Waals surface area contributed by atoms with Crippen LogP contribution in [0.4, 0.5) is 13.2 Å². The Kier molecular flexibility index (Phi) is 2.68. The maximum atomic E-state index is 12.2. The lowest BCUT2D eigenvalue weighted by atomic mass is 10.2. The molecule has 0 amide bonds. The number of alkyl halides is 3. The first-order valence-electron chi connectivity index (χ1n) is 4.97. The molecule has 0 aliphatic carbocycles. The number of rotatable bonds is 2. The fourth-order valence-electron chi connectivity index (χ4n) is 1.37. The summed E-state index contributed by atoms with van der Waals surface area (Å²) in [5.74, 6) is -0.241. The molecular formula is C10H10F3N3O. The first kappa shape index (κ1) is 11.7. The van der Waals surface area contributed by atoms with Crippen molar-refractivity contribution >= 4 is 5.65 Å². The Labute approximate surface area is 95.0 Å². The van der Waals surface area contributed by atoms with Gasteiger partial charge in [-0.15, -0.1) is 13.2 Å². The molecule has 4 nitrogen and oxygen atoms in total. The van der Waals surface area contributed by atoms with E-state index in [0.717, 1.165) is 6.07 Å². The van der Waals surface area contributed by atoms with E-state index in [0.29, 0.717) is 5.69 Å². The third-order valence-corrected chi connectivity index (χ3v) is 2.16. The van der Waals surface area contributed by atoms with Gasteiger partial charge in [0.1, 0.15) is 0 Å². The van der Waals surface area contributed by atoms with Gasteiger partial charge in [-0.2, -0.15) is 5.10 Å². The summed E-state index contributed by atoms with van der Waals surface area (Å²) in [7, 11) is 0. The molecule has 17 heavy (non-hydrogen) atoms. The minimum Gasteiger partial charge on any atom is -0.402 e. The van der Waals surface area contributed by atoms with E-state index < -0.39 is 6.36 Å². The summed E-state index contributed by atoms with van der Waals surface area (Å²) in [5.41, 5.74) is 0.726. The fraction of sp³-hybridized carbons (Fsp3) is 0.400. The van der Waals surface area contributed by atoms with Crippen molar-refractivity contribution < 1.29 is 17.9 Å². The average molecular weight is 245 g/mol. The SMILES string of the molecule is CC(C)c1cn2nccc(OC(F)(F)F)c2n1. The molecule has 2 aromatic heterocycles. The normalized spacial score (nSPS) is 12.4. The Bertz CT molecular complexity index is 533. The lowest BCUT2D eigenvalue weighted by Gasteiger charge is -2.08. The Hall–Kier alpha value is -1.79. The second-order valence-corrected chi connectivity index (χ2v) is 3.83. The summed E-state index contributed by atoms with van der Waals surface area (Å²) in [4.78, 5) is 4.07. The molecule has 2 aromatic rings. The van der Waals surface area contributed by atoms with E-state index in [1.807, 2.05) is 13.8 Å². The summed E-state index contributed by atoms with van der Waals surface area (Å²) in [6.07, 6.45) is -1.91. The van der Waals surface area contributed by atoms with Crippen LogP contribution < -0.4 is 4.74 Å². The molecule has 0 aliphatic rings. The molecule has 0 saturated carbocycles. The number of nitrogens with zero attached hydrogens (tertiary/aromatic N) is 3. The number of hydrogen-bond acceptors (Lipinski definition) is 3. The zero-order chi connectivity index (χ0) is 12.6. The number of ether oxygens (including phenoxy) is 1. The van der Waals surface area contributed by atoms with E-state index in [2.05, 4.69) is 14.8 Å². The minimum atomic E-state index is -4.73. The highest BCUT2D eigenvalue weighted by Gasteiger charge is 2.32. The molecule has 7 heteroatoms. The molecule has 0 bridgehead atoms. The van der Waals surface area contributed by atoms with Crippen molar-refractivity contribution in [2.75, 3.05) is 0 Å². The lowest BCUT2D eigenvalue weighted by molar-refractivity contribution is -0.274. The molecule has 0 aromatic carbocycles. The number of imidazole rings is 1. The van der Waals surface area contributed by atoms with Gasteiger partial charge in [0.05, 0.1) is 18.1 Å². The number of hydrogen-bond donors (Lipinski definition) is 0. The maximum Gasteiger partial charge on any atom is 0.573 e. The standard InChI is InChI=1S/C10H10F3N3O/c1-6(2)7-5-16-9(15-7)8(3-4-14-16)17-10(11,12)13/h3-6H,1-2H3. The summed E-state index contributed by atoms with van der Waals surface area (Å²) < 4.78 is 41.6. The van der Waals surface area contributed by atoms with E-state index in [1.54, 1.807) is 6.20 Å². The van der Waals surface area contributed by atoms with Crippen molar-refractivity contribution in [1.82, 2.24) is 14.6 Å². The summed E-state index contributed by atoms with van der Waals surface area (Å²) >= 11 is 0. The molecule has 0 fully saturated rings. The third-order valence-electron chi connectivity index (χ3n) is 2.16. The number of aromatic nitrogens is 3. The largest absolute Gasteiger partial charge is 0.573 e. The van der Waals surface area contributed by atoms with Crippen LogP contribution >= 0.6 is 0 Å². The van der Waals surface area contributed by atoms with E-state index in [4.69, 9.17) is 0 Å². The fourth-order valence-corrected chi connectivity index (χ4v) is 1.37. The van der Waals surface area contributed by atoms with Crippen molar-refractivity contribution in [3.63, 3.8) is 0 Å². The van der Waals surface area contributed by atoms with E-state index in [-0.39, 0.29) is 17.3 Å². The number of fused-ring (bicyclic) bond motifs is 1. The first-order valence-corrected chi connectivity index (χ1v) is 4.97. The van der Waals surface area contributed by atoms with Crippen LogP contribution in [0.25, 0.3) is 5.65 Å². The van der Waals surface area contributed by atoms with Gasteiger partial charge in [0, 0.05) is 6.07 Å². The van der Waals surface area contributed by atoms with Crippen LogP contribution in [0.2, 0.25) is 0 Å². The molecule has 2 heterocycles. The Morgan fingerprint density at radius 3 is 2.65 bits per heavy atom. The van der Waals surface area contributed by atoms with Crippen LogP contribution in [0.1, 0.15) is 25.5 Å². The highest BCUT2D eigenvalue weighted by atomic mass is 19.4. The van der Waals surface area contributed by atoms with Crippen molar-refractivity contribution in [3.05, 3.63) is 24.2 Å².